The lowest BCUT2D eigenvalue weighted by atomic mass is 10.2. The molecular weight excluding hydrogens is 326 g/mol. The molecule has 0 aliphatic heterocycles. The van der Waals surface area contributed by atoms with Gasteiger partial charge in [0, 0.05) is 23.0 Å². The largest absolute Gasteiger partial charge is 0.462 e. The molecule has 2 amide bonds. The Hall–Kier alpha value is -2.41. The maximum Gasteiger partial charge on any atom is 0.338 e. The van der Waals surface area contributed by atoms with Crippen LogP contribution in [-0.4, -0.2) is 29.6 Å². The van der Waals surface area contributed by atoms with Crippen molar-refractivity contribution in [3.05, 3.63) is 45.9 Å². The van der Waals surface area contributed by atoms with E-state index >= 15 is 0 Å². The fraction of sp³-hybridized carbons (Fsp3) is 0.353. The lowest BCUT2D eigenvalue weighted by Gasteiger charge is -2.11. The van der Waals surface area contributed by atoms with Gasteiger partial charge in [0.05, 0.1) is 23.4 Å². The molecule has 0 atom stereocenters. The topological polar surface area (TPSA) is 80.3 Å². The number of hydrogen-bond donors (Lipinski definition) is 2. The van der Waals surface area contributed by atoms with E-state index in [9.17, 15) is 9.59 Å². The van der Waals surface area contributed by atoms with Crippen molar-refractivity contribution in [2.75, 3.05) is 11.9 Å². The smallest absolute Gasteiger partial charge is 0.338 e. The van der Waals surface area contributed by atoms with Gasteiger partial charge in [0.25, 0.3) is 0 Å². The first-order valence-corrected chi connectivity index (χ1v) is 8.57. The lowest BCUT2D eigenvalue weighted by Crippen LogP contribution is -2.34. The summed E-state index contributed by atoms with van der Waals surface area (Å²) in [6.07, 6.45) is 0.650. The Bertz CT molecular complexity index is 713. The van der Waals surface area contributed by atoms with Gasteiger partial charge in [-0.25, -0.2) is 14.6 Å². The summed E-state index contributed by atoms with van der Waals surface area (Å²) in [6, 6.07) is 6.41. The molecule has 2 aromatic rings. The first-order chi connectivity index (χ1) is 11.5. The maximum absolute atomic E-state index is 12.1. The number of ether oxygens (including phenoxy) is 1. The van der Waals surface area contributed by atoms with Gasteiger partial charge < -0.3 is 15.4 Å². The number of benzene rings is 1. The van der Waals surface area contributed by atoms with E-state index in [2.05, 4.69) is 15.6 Å². The Morgan fingerprint density at radius 2 is 2.12 bits per heavy atom. The van der Waals surface area contributed by atoms with E-state index in [0.29, 0.717) is 24.3 Å². The van der Waals surface area contributed by atoms with Gasteiger partial charge in [0.1, 0.15) is 0 Å². The van der Waals surface area contributed by atoms with Gasteiger partial charge in [-0.1, -0.05) is 6.07 Å². The Morgan fingerprint density at radius 1 is 1.33 bits per heavy atom. The van der Waals surface area contributed by atoms with Crippen LogP contribution in [0.5, 0.6) is 0 Å². The fourth-order valence-corrected chi connectivity index (χ4v) is 2.80. The predicted molar refractivity (Wildman–Crippen MR) is 94.6 cm³/mol. The van der Waals surface area contributed by atoms with E-state index in [1.54, 1.807) is 41.1 Å². The number of carbonyl (C=O) groups is 2. The van der Waals surface area contributed by atoms with Gasteiger partial charge >= 0.3 is 12.0 Å². The zero-order chi connectivity index (χ0) is 17.5. The standard InChI is InChI=1S/C17H21N3O3S/c1-11(2)19-17(22)20-14-6-4-5-13(9-14)16(21)23-8-7-15-12(3)18-10-24-15/h4-6,9-11H,7-8H2,1-3H3,(H2,19,20,22). The Balaban J connectivity index is 1.89. The summed E-state index contributed by atoms with van der Waals surface area (Å²) in [7, 11) is 0. The number of rotatable bonds is 6. The number of nitrogens with zero attached hydrogens (tertiary/aromatic N) is 1. The molecule has 0 saturated carbocycles. The number of esters is 1. The van der Waals surface area contributed by atoms with Crippen LogP contribution in [-0.2, 0) is 11.2 Å². The molecule has 1 aromatic heterocycles. The number of aromatic nitrogens is 1. The van der Waals surface area contributed by atoms with Crippen molar-refractivity contribution >= 4 is 29.0 Å². The van der Waals surface area contributed by atoms with E-state index in [0.717, 1.165) is 10.6 Å². The molecule has 128 valence electrons. The molecule has 0 spiro atoms. The molecule has 2 N–H and O–H groups in total. The summed E-state index contributed by atoms with van der Waals surface area (Å²) in [5, 5.41) is 5.41. The number of hydrogen-bond acceptors (Lipinski definition) is 5. The number of thiazole rings is 1. The maximum atomic E-state index is 12.1. The first-order valence-electron chi connectivity index (χ1n) is 7.69. The summed E-state index contributed by atoms with van der Waals surface area (Å²) in [6.45, 7) is 5.98. The zero-order valence-electron chi connectivity index (χ0n) is 14.0. The molecule has 24 heavy (non-hydrogen) atoms. The number of urea groups is 1. The minimum absolute atomic E-state index is 0.0355. The molecule has 7 heteroatoms. The van der Waals surface area contributed by atoms with E-state index < -0.39 is 5.97 Å². The average molecular weight is 347 g/mol. The highest BCUT2D eigenvalue weighted by Gasteiger charge is 2.10. The summed E-state index contributed by atoms with van der Waals surface area (Å²) in [5.41, 5.74) is 3.70. The van der Waals surface area contributed by atoms with Crippen LogP contribution in [0.3, 0.4) is 0 Å². The van der Waals surface area contributed by atoms with Gasteiger partial charge in [0.15, 0.2) is 0 Å². The van der Waals surface area contributed by atoms with Crippen LogP contribution < -0.4 is 10.6 Å². The molecule has 6 nitrogen and oxygen atoms in total. The van der Waals surface area contributed by atoms with Crippen molar-refractivity contribution in [3.8, 4) is 0 Å². The summed E-state index contributed by atoms with van der Waals surface area (Å²) in [5.74, 6) is -0.412. The van der Waals surface area contributed by atoms with Crippen LogP contribution in [0, 0.1) is 6.92 Å². The molecule has 0 bridgehead atoms. The van der Waals surface area contributed by atoms with Gasteiger partial charge in [-0.15, -0.1) is 11.3 Å². The summed E-state index contributed by atoms with van der Waals surface area (Å²) < 4.78 is 5.29. The average Bonchev–Trinajstić information content (AvgIpc) is 2.92. The third kappa shape index (κ3) is 5.34. The number of anilines is 1. The minimum atomic E-state index is -0.412. The molecular formula is C17H21N3O3S. The summed E-state index contributed by atoms with van der Waals surface area (Å²) in [4.78, 5) is 29.1. The van der Waals surface area contributed by atoms with Crippen LogP contribution >= 0.6 is 11.3 Å². The predicted octanol–water partition coefficient (Wildman–Crippen LogP) is 3.38. The van der Waals surface area contributed by atoms with Crippen molar-refractivity contribution in [3.63, 3.8) is 0 Å². The highest BCUT2D eigenvalue weighted by Crippen LogP contribution is 2.14. The molecule has 0 aliphatic rings. The molecule has 0 aliphatic carbocycles. The van der Waals surface area contributed by atoms with Crippen LogP contribution in [0.4, 0.5) is 10.5 Å². The van der Waals surface area contributed by atoms with E-state index in [1.807, 2.05) is 20.8 Å². The van der Waals surface area contributed by atoms with Crippen molar-refractivity contribution in [2.24, 2.45) is 0 Å². The molecule has 0 saturated heterocycles. The van der Waals surface area contributed by atoms with Gasteiger partial charge in [-0.2, -0.15) is 0 Å². The number of nitrogens with one attached hydrogen (secondary N) is 2. The molecule has 0 fully saturated rings. The second kappa shape index (κ2) is 8.44. The molecule has 0 radical (unpaired) electrons. The zero-order valence-corrected chi connectivity index (χ0v) is 14.8. The number of aryl methyl sites for hydroxylation is 1. The highest BCUT2D eigenvalue weighted by atomic mass is 32.1. The number of carbonyl (C=O) groups excluding carboxylic acids is 2. The van der Waals surface area contributed by atoms with Crippen molar-refractivity contribution < 1.29 is 14.3 Å². The first kappa shape index (κ1) is 17.9. The Labute approximate surface area is 145 Å². The van der Waals surface area contributed by atoms with Crippen LogP contribution in [0.1, 0.15) is 34.8 Å². The lowest BCUT2D eigenvalue weighted by molar-refractivity contribution is 0.0509. The highest BCUT2D eigenvalue weighted by molar-refractivity contribution is 7.09. The van der Waals surface area contributed by atoms with Crippen molar-refractivity contribution in [1.82, 2.24) is 10.3 Å². The van der Waals surface area contributed by atoms with E-state index in [-0.39, 0.29) is 12.1 Å². The normalized spacial score (nSPS) is 10.5. The SMILES string of the molecule is Cc1ncsc1CCOC(=O)c1cccc(NC(=O)NC(C)C)c1. The van der Waals surface area contributed by atoms with E-state index in [1.165, 1.54) is 0 Å². The molecule has 2 rings (SSSR count). The number of amides is 2. The van der Waals surface area contributed by atoms with Crippen LogP contribution in [0.15, 0.2) is 29.8 Å². The fourth-order valence-electron chi connectivity index (χ4n) is 2.04. The van der Waals surface area contributed by atoms with Gasteiger partial charge in [-0.05, 0) is 39.0 Å². The second-order valence-corrected chi connectivity index (χ2v) is 6.52. The minimum Gasteiger partial charge on any atom is -0.462 e. The molecule has 1 aromatic carbocycles. The molecule has 0 unspecified atom stereocenters. The van der Waals surface area contributed by atoms with Crippen LogP contribution in [0.2, 0.25) is 0 Å². The Kier molecular flexibility index (Phi) is 6.31. The van der Waals surface area contributed by atoms with Gasteiger partial charge in [-0.3, -0.25) is 0 Å². The third-order valence-corrected chi connectivity index (χ3v) is 4.18. The quantitative estimate of drug-likeness (QED) is 0.785. The van der Waals surface area contributed by atoms with Gasteiger partial charge in [0.2, 0.25) is 0 Å². The molecule has 1 heterocycles. The second-order valence-electron chi connectivity index (χ2n) is 5.58. The van der Waals surface area contributed by atoms with E-state index in [4.69, 9.17) is 4.74 Å². The monoisotopic (exact) mass is 347 g/mol. The summed E-state index contributed by atoms with van der Waals surface area (Å²) >= 11 is 1.55. The van der Waals surface area contributed by atoms with Crippen molar-refractivity contribution in [1.29, 1.82) is 0 Å². The third-order valence-electron chi connectivity index (χ3n) is 3.18. The Morgan fingerprint density at radius 3 is 2.79 bits per heavy atom. The van der Waals surface area contributed by atoms with Crippen LogP contribution in [0.25, 0.3) is 0 Å². The van der Waals surface area contributed by atoms with Crippen molar-refractivity contribution in [2.45, 2.75) is 33.2 Å².